The fourth-order valence-electron chi connectivity index (χ4n) is 1.86. The van der Waals surface area contributed by atoms with Gasteiger partial charge in [0.2, 0.25) is 0 Å². The van der Waals surface area contributed by atoms with E-state index < -0.39 is 0 Å². The van der Waals surface area contributed by atoms with Crippen LogP contribution in [0.5, 0.6) is 0 Å². The molecule has 0 radical (unpaired) electrons. The highest BCUT2D eigenvalue weighted by Crippen LogP contribution is 2.15. The summed E-state index contributed by atoms with van der Waals surface area (Å²) in [7, 11) is 3.29. The van der Waals surface area contributed by atoms with Gasteiger partial charge in [0.1, 0.15) is 0 Å². The van der Waals surface area contributed by atoms with Crippen LogP contribution >= 0.6 is 0 Å². The Balaban J connectivity index is 2.14. The van der Waals surface area contributed by atoms with Crippen molar-refractivity contribution in [2.45, 2.75) is 6.42 Å². The number of methoxy groups -OCH3 is 1. The van der Waals surface area contributed by atoms with Crippen LogP contribution in [0, 0.1) is 0 Å². The molecule has 0 fully saturated rings. The van der Waals surface area contributed by atoms with Crippen LogP contribution in [0.25, 0.3) is 0 Å². The second-order valence-corrected chi connectivity index (χ2v) is 4.12. The number of amides is 2. The Labute approximate surface area is 105 Å². The molecule has 98 valence electrons. The molecule has 1 aliphatic rings. The molecule has 2 amide bonds. The Kier molecular flexibility index (Phi) is 3.61. The predicted molar refractivity (Wildman–Crippen MR) is 63.6 cm³/mol. The van der Waals surface area contributed by atoms with E-state index in [0.29, 0.717) is 37.4 Å². The average Bonchev–Trinajstić information content (AvgIpc) is 2.78. The van der Waals surface area contributed by atoms with Gasteiger partial charge in [0.15, 0.2) is 0 Å². The third-order valence-corrected chi connectivity index (χ3v) is 2.90. The van der Waals surface area contributed by atoms with E-state index in [-0.39, 0.29) is 11.9 Å². The highest BCUT2D eigenvalue weighted by atomic mass is 16.5. The molecule has 0 atom stereocenters. The molecule has 7 heteroatoms. The Morgan fingerprint density at radius 1 is 1.61 bits per heavy atom. The number of carbonyl (C=O) groups excluding carboxylic acids is 2. The van der Waals surface area contributed by atoms with Crippen molar-refractivity contribution in [3.8, 4) is 0 Å². The smallest absolute Gasteiger partial charge is 0.344 e. The zero-order chi connectivity index (χ0) is 13.1. The van der Waals surface area contributed by atoms with Crippen molar-refractivity contribution in [2.24, 2.45) is 0 Å². The van der Waals surface area contributed by atoms with E-state index in [9.17, 15) is 9.59 Å². The van der Waals surface area contributed by atoms with Crippen LogP contribution in [0.4, 0.5) is 4.79 Å². The molecule has 2 heterocycles. The number of aromatic nitrogens is 2. The van der Waals surface area contributed by atoms with Crippen molar-refractivity contribution in [1.82, 2.24) is 20.0 Å². The van der Waals surface area contributed by atoms with Gasteiger partial charge in [-0.15, -0.1) is 0 Å². The van der Waals surface area contributed by atoms with E-state index in [2.05, 4.69) is 10.4 Å². The lowest BCUT2D eigenvalue weighted by Gasteiger charge is -2.23. The lowest BCUT2D eigenvalue weighted by atomic mass is 10.1. The van der Waals surface area contributed by atoms with Crippen molar-refractivity contribution in [3.63, 3.8) is 0 Å². The second kappa shape index (κ2) is 5.18. The molecule has 18 heavy (non-hydrogen) atoms. The average molecular weight is 252 g/mol. The summed E-state index contributed by atoms with van der Waals surface area (Å²) in [5, 5.41) is 6.69. The second-order valence-electron chi connectivity index (χ2n) is 4.12. The number of likely N-dealkylation sites (N-methyl/N-ethyl adjacent to an activating group) is 1. The fourth-order valence-corrected chi connectivity index (χ4v) is 1.86. The number of rotatable bonds is 4. The number of hydrogen-bond acceptors (Lipinski definition) is 4. The van der Waals surface area contributed by atoms with Gasteiger partial charge in [-0.3, -0.25) is 4.79 Å². The molecule has 7 nitrogen and oxygen atoms in total. The summed E-state index contributed by atoms with van der Waals surface area (Å²) in [6, 6.07) is -0.202. The molecule has 2 rings (SSSR count). The van der Waals surface area contributed by atoms with Gasteiger partial charge in [0, 0.05) is 33.7 Å². The SMILES string of the molecule is COCCNC(=O)c1cnn2c1CCN(C)C2=O. The normalized spacial score (nSPS) is 14.6. The number of carbonyl (C=O) groups is 2. The van der Waals surface area contributed by atoms with Gasteiger partial charge in [0.25, 0.3) is 5.91 Å². The maximum atomic E-state index is 11.9. The van der Waals surface area contributed by atoms with E-state index in [1.165, 1.54) is 10.9 Å². The first kappa shape index (κ1) is 12.6. The summed E-state index contributed by atoms with van der Waals surface area (Å²) in [6.07, 6.45) is 2.07. The summed E-state index contributed by atoms with van der Waals surface area (Å²) in [5.41, 5.74) is 1.14. The molecule has 1 aromatic rings. The molecule has 1 aromatic heterocycles. The highest BCUT2D eigenvalue weighted by Gasteiger charge is 2.26. The standard InChI is InChI=1S/C11H16N4O3/c1-14-5-3-9-8(7-13-15(9)11(14)17)10(16)12-4-6-18-2/h7H,3-6H2,1-2H3,(H,12,16). The Morgan fingerprint density at radius 2 is 2.39 bits per heavy atom. The molecule has 0 saturated heterocycles. The van der Waals surface area contributed by atoms with Crippen molar-refractivity contribution in [1.29, 1.82) is 0 Å². The number of ether oxygens (including phenoxy) is 1. The molecule has 0 unspecified atom stereocenters. The molecule has 0 spiro atoms. The molecule has 0 bridgehead atoms. The van der Waals surface area contributed by atoms with E-state index >= 15 is 0 Å². The van der Waals surface area contributed by atoms with E-state index in [4.69, 9.17) is 4.74 Å². The minimum atomic E-state index is -0.217. The van der Waals surface area contributed by atoms with E-state index in [1.54, 1.807) is 19.1 Å². The van der Waals surface area contributed by atoms with Crippen molar-refractivity contribution in [2.75, 3.05) is 33.9 Å². The Hall–Kier alpha value is -1.89. The van der Waals surface area contributed by atoms with Crippen LogP contribution < -0.4 is 5.32 Å². The first-order valence-corrected chi connectivity index (χ1v) is 5.74. The fraction of sp³-hybridized carbons (Fsp3) is 0.545. The monoisotopic (exact) mass is 252 g/mol. The topological polar surface area (TPSA) is 76.5 Å². The van der Waals surface area contributed by atoms with Crippen LogP contribution in [-0.4, -0.2) is 60.5 Å². The Morgan fingerprint density at radius 3 is 3.11 bits per heavy atom. The van der Waals surface area contributed by atoms with Crippen LogP contribution in [-0.2, 0) is 11.2 Å². The molecule has 0 aliphatic carbocycles. The quantitative estimate of drug-likeness (QED) is 0.747. The summed E-state index contributed by atoms with van der Waals surface area (Å²) < 4.78 is 6.14. The van der Waals surface area contributed by atoms with Crippen molar-refractivity contribution >= 4 is 11.9 Å². The lowest BCUT2D eigenvalue weighted by molar-refractivity contribution is 0.0936. The summed E-state index contributed by atoms with van der Waals surface area (Å²) in [6.45, 7) is 1.49. The third-order valence-electron chi connectivity index (χ3n) is 2.90. The first-order valence-electron chi connectivity index (χ1n) is 5.74. The third kappa shape index (κ3) is 2.21. The van der Waals surface area contributed by atoms with Gasteiger partial charge < -0.3 is 15.0 Å². The molecule has 0 aromatic carbocycles. The molecular formula is C11H16N4O3. The first-order chi connectivity index (χ1) is 8.65. The number of hydrogen-bond donors (Lipinski definition) is 1. The number of nitrogens with zero attached hydrogens (tertiary/aromatic N) is 3. The highest BCUT2D eigenvalue weighted by molar-refractivity contribution is 5.96. The van der Waals surface area contributed by atoms with Gasteiger partial charge in [-0.1, -0.05) is 0 Å². The van der Waals surface area contributed by atoms with Gasteiger partial charge in [-0.05, 0) is 0 Å². The van der Waals surface area contributed by atoms with Crippen LogP contribution in [0.2, 0.25) is 0 Å². The van der Waals surface area contributed by atoms with Crippen LogP contribution in [0.1, 0.15) is 16.1 Å². The Bertz CT molecular complexity index is 469. The molecular weight excluding hydrogens is 236 g/mol. The summed E-state index contributed by atoms with van der Waals surface area (Å²) in [4.78, 5) is 25.3. The van der Waals surface area contributed by atoms with Gasteiger partial charge in [-0.2, -0.15) is 9.78 Å². The van der Waals surface area contributed by atoms with Crippen molar-refractivity contribution < 1.29 is 14.3 Å². The van der Waals surface area contributed by atoms with Gasteiger partial charge in [-0.25, -0.2) is 4.79 Å². The van der Waals surface area contributed by atoms with E-state index in [0.717, 1.165) is 0 Å². The largest absolute Gasteiger partial charge is 0.383 e. The van der Waals surface area contributed by atoms with Crippen molar-refractivity contribution in [3.05, 3.63) is 17.5 Å². The zero-order valence-corrected chi connectivity index (χ0v) is 10.5. The maximum absolute atomic E-state index is 11.9. The van der Waals surface area contributed by atoms with Crippen LogP contribution in [0.3, 0.4) is 0 Å². The summed E-state index contributed by atoms with van der Waals surface area (Å²) in [5.74, 6) is -0.217. The zero-order valence-electron chi connectivity index (χ0n) is 10.5. The van der Waals surface area contributed by atoms with Gasteiger partial charge in [0.05, 0.1) is 24.1 Å². The van der Waals surface area contributed by atoms with Crippen LogP contribution in [0.15, 0.2) is 6.20 Å². The van der Waals surface area contributed by atoms with E-state index in [1.807, 2.05) is 0 Å². The number of fused-ring (bicyclic) bond motifs is 1. The van der Waals surface area contributed by atoms with Gasteiger partial charge >= 0.3 is 6.03 Å². The maximum Gasteiger partial charge on any atom is 0.344 e. The minimum absolute atomic E-state index is 0.202. The molecule has 0 saturated carbocycles. The summed E-state index contributed by atoms with van der Waals surface area (Å²) >= 11 is 0. The molecule has 1 N–H and O–H groups in total. The molecule has 1 aliphatic heterocycles. The minimum Gasteiger partial charge on any atom is -0.383 e. The number of nitrogens with one attached hydrogen (secondary N) is 1. The predicted octanol–water partition coefficient (Wildman–Crippen LogP) is -0.285. The lowest BCUT2D eigenvalue weighted by Crippen LogP contribution is -2.40.